The molecule has 0 aromatic heterocycles. The molecule has 3 atom stereocenters. The number of likely N-dealkylation sites (tertiary alicyclic amines) is 1. The molecule has 4 heteroatoms. The van der Waals surface area contributed by atoms with Crippen molar-refractivity contribution in [3.05, 3.63) is 0 Å². The molecule has 1 aliphatic heterocycles. The molecular weight excluding hydrogens is 238 g/mol. The van der Waals surface area contributed by atoms with E-state index >= 15 is 0 Å². The number of rotatable bonds is 3. The van der Waals surface area contributed by atoms with Crippen LogP contribution >= 0.6 is 0 Å². The van der Waals surface area contributed by atoms with E-state index < -0.39 is 0 Å². The Hall–Kier alpha value is -0.610. The second kappa shape index (κ2) is 6.71. The van der Waals surface area contributed by atoms with Crippen molar-refractivity contribution in [1.29, 1.82) is 0 Å². The summed E-state index contributed by atoms with van der Waals surface area (Å²) in [7, 11) is 4.23. The minimum atomic E-state index is 0.239. The van der Waals surface area contributed by atoms with Gasteiger partial charge >= 0.3 is 0 Å². The molecule has 2 rings (SSSR count). The molecule has 0 aromatic rings. The van der Waals surface area contributed by atoms with Gasteiger partial charge in [0.15, 0.2) is 0 Å². The van der Waals surface area contributed by atoms with Crippen LogP contribution in [-0.4, -0.2) is 55.5 Å². The van der Waals surface area contributed by atoms with E-state index in [9.17, 15) is 4.79 Å². The molecule has 110 valence electrons. The molecule has 4 nitrogen and oxygen atoms in total. The lowest BCUT2D eigenvalue weighted by Crippen LogP contribution is -2.49. The first-order valence-electron chi connectivity index (χ1n) is 7.77. The summed E-state index contributed by atoms with van der Waals surface area (Å²) in [5, 5.41) is 0. The lowest BCUT2D eigenvalue weighted by molar-refractivity contribution is -0.139. The van der Waals surface area contributed by atoms with Crippen molar-refractivity contribution in [2.75, 3.05) is 33.7 Å². The third kappa shape index (κ3) is 3.69. The highest BCUT2D eigenvalue weighted by Crippen LogP contribution is 2.30. The summed E-state index contributed by atoms with van der Waals surface area (Å²) >= 11 is 0. The number of amides is 1. The van der Waals surface area contributed by atoms with Crippen molar-refractivity contribution in [2.24, 2.45) is 17.6 Å². The summed E-state index contributed by atoms with van der Waals surface area (Å²) in [6.45, 7) is 2.60. The largest absolute Gasteiger partial charge is 0.341 e. The van der Waals surface area contributed by atoms with E-state index in [1.807, 2.05) is 0 Å². The Labute approximate surface area is 117 Å². The van der Waals surface area contributed by atoms with E-state index in [4.69, 9.17) is 5.73 Å². The van der Waals surface area contributed by atoms with Crippen molar-refractivity contribution in [3.63, 3.8) is 0 Å². The third-order valence-electron chi connectivity index (χ3n) is 4.90. The second-order valence-corrected chi connectivity index (χ2v) is 6.51. The van der Waals surface area contributed by atoms with Gasteiger partial charge in [-0.3, -0.25) is 4.79 Å². The molecule has 1 heterocycles. The van der Waals surface area contributed by atoms with Gasteiger partial charge in [-0.15, -0.1) is 0 Å². The van der Waals surface area contributed by atoms with Crippen LogP contribution in [-0.2, 0) is 4.79 Å². The Kier molecular flexibility index (Phi) is 5.22. The van der Waals surface area contributed by atoms with Crippen LogP contribution in [0.5, 0.6) is 0 Å². The summed E-state index contributed by atoms with van der Waals surface area (Å²) in [5.74, 6) is 1.20. The van der Waals surface area contributed by atoms with Crippen LogP contribution in [0.15, 0.2) is 0 Å². The number of nitrogens with two attached hydrogens (primary N) is 1. The first kappa shape index (κ1) is 14.8. The summed E-state index contributed by atoms with van der Waals surface area (Å²) in [6, 6.07) is 0.534. The zero-order valence-electron chi connectivity index (χ0n) is 12.5. The Morgan fingerprint density at radius 1 is 1.26 bits per heavy atom. The van der Waals surface area contributed by atoms with Crippen molar-refractivity contribution >= 4 is 5.91 Å². The van der Waals surface area contributed by atoms with E-state index in [1.54, 1.807) is 0 Å². The first-order chi connectivity index (χ1) is 9.11. The van der Waals surface area contributed by atoms with Gasteiger partial charge in [-0.25, -0.2) is 0 Å². The van der Waals surface area contributed by atoms with Gasteiger partial charge < -0.3 is 15.5 Å². The van der Waals surface area contributed by atoms with Crippen molar-refractivity contribution in [3.8, 4) is 0 Å². The van der Waals surface area contributed by atoms with Crippen LogP contribution in [0, 0.1) is 11.8 Å². The molecular formula is C15H29N3O. The van der Waals surface area contributed by atoms with Crippen molar-refractivity contribution < 1.29 is 4.79 Å². The normalized spacial score (nSPS) is 32.6. The van der Waals surface area contributed by atoms with Crippen LogP contribution in [0.1, 0.15) is 38.5 Å². The maximum Gasteiger partial charge on any atom is 0.225 e. The molecule has 1 aliphatic carbocycles. The van der Waals surface area contributed by atoms with Gasteiger partial charge in [-0.1, -0.05) is 6.42 Å². The first-order valence-corrected chi connectivity index (χ1v) is 7.77. The second-order valence-electron chi connectivity index (χ2n) is 6.51. The number of likely N-dealkylation sites (N-methyl/N-ethyl adjacent to an activating group) is 1. The highest BCUT2D eigenvalue weighted by Gasteiger charge is 2.32. The molecule has 2 N–H and O–H groups in total. The molecule has 0 radical (unpaired) electrons. The third-order valence-corrected chi connectivity index (χ3v) is 4.90. The highest BCUT2D eigenvalue weighted by molar-refractivity contribution is 5.79. The number of hydrogen-bond donors (Lipinski definition) is 1. The molecule has 0 aromatic carbocycles. The SMILES string of the molecule is CN(C)C1CCCN(C(=O)C2CCCC(CN)C2)C1. The number of hydrogen-bond acceptors (Lipinski definition) is 3. The molecule has 0 spiro atoms. The van der Waals surface area contributed by atoms with Crippen LogP contribution in [0.4, 0.5) is 0 Å². The van der Waals surface area contributed by atoms with E-state index in [0.29, 0.717) is 17.9 Å². The van der Waals surface area contributed by atoms with Crippen LogP contribution in [0.2, 0.25) is 0 Å². The maximum atomic E-state index is 12.6. The minimum absolute atomic E-state index is 0.239. The summed E-state index contributed by atoms with van der Waals surface area (Å²) in [5.41, 5.74) is 5.77. The van der Waals surface area contributed by atoms with Crippen LogP contribution in [0.3, 0.4) is 0 Å². The van der Waals surface area contributed by atoms with E-state index in [-0.39, 0.29) is 5.92 Å². The topological polar surface area (TPSA) is 49.6 Å². The fourth-order valence-corrected chi connectivity index (χ4v) is 3.56. The van der Waals surface area contributed by atoms with Crippen LogP contribution < -0.4 is 5.73 Å². The lowest BCUT2D eigenvalue weighted by atomic mass is 9.80. The Bertz CT molecular complexity index is 306. The molecule has 1 saturated carbocycles. The molecule has 2 aliphatic rings. The smallest absolute Gasteiger partial charge is 0.225 e. The van der Waals surface area contributed by atoms with Gasteiger partial charge in [0, 0.05) is 25.0 Å². The Morgan fingerprint density at radius 2 is 2.05 bits per heavy atom. The molecule has 0 bridgehead atoms. The predicted octanol–water partition coefficient (Wildman–Crippen LogP) is 1.30. The molecule has 2 fully saturated rings. The number of piperidine rings is 1. The van der Waals surface area contributed by atoms with E-state index in [1.165, 1.54) is 19.3 Å². The van der Waals surface area contributed by atoms with Crippen molar-refractivity contribution in [2.45, 2.75) is 44.6 Å². The number of carbonyl (C=O) groups is 1. The van der Waals surface area contributed by atoms with E-state index in [2.05, 4.69) is 23.9 Å². The quantitative estimate of drug-likeness (QED) is 0.838. The number of carbonyl (C=O) groups excluding carboxylic acids is 1. The Morgan fingerprint density at radius 3 is 2.74 bits per heavy atom. The summed E-state index contributed by atoms with van der Waals surface area (Å²) < 4.78 is 0. The highest BCUT2D eigenvalue weighted by atomic mass is 16.2. The zero-order chi connectivity index (χ0) is 13.8. The average molecular weight is 267 g/mol. The number of nitrogens with zero attached hydrogens (tertiary/aromatic N) is 2. The van der Waals surface area contributed by atoms with Gasteiger partial charge in [0.1, 0.15) is 0 Å². The molecule has 1 saturated heterocycles. The summed E-state index contributed by atoms with van der Waals surface area (Å²) in [4.78, 5) is 17.0. The monoisotopic (exact) mass is 267 g/mol. The van der Waals surface area contributed by atoms with Gasteiger partial charge in [-0.05, 0) is 58.7 Å². The minimum Gasteiger partial charge on any atom is -0.341 e. The summed E-state index contributed by atoms with van der Waals surface area (Å²) in [6.07, 6.45) is 6.81. The fourth-order valence-electron chi connectivity index (χ4n) is 3.56. The van der Waals surface area contributed by atoms with Crippen LogP contribution in [0.25, 0.3) is 0 Å². The fraction of sp³-hybridized carbons (Fsp3) is 0.933. The lowest BCUT2D eigenvalue weighted by Gasteiger charge is -2.39. The maximum absolute atomic E-state index is 12.6. The standard InChI is InChI=1S/C15H29N3O/c1-17(2)14-7-4-8-18(11-14)15(19)13-6-3-5-12(9-13)10-16/h12-14H,3-11,16H2,1-2H3. The van der Waals surface area contributed by atoms with Gasteiger partial charge in [0.2, 0.25) is 5.91 Å². The van der Waals surface area contributed by atoms with E-state index in [0.717, 1.165) is 38.9 Å². The van der Waals surface area contributed by atoms with Crippen molar-refractivity contribution in [1.82, 2.24) is 9.80 Å². The zero-order valence-corrected chi connectivity index (χ0v) is 12.5. The predicted molar refractivity (Wildman–Crippen MR) is 77.8 cm³/mol. The van der Waals surface area contributed by atoms with Gasteiger partial charge in [0.05, 0.1) is 0 Å². The Balaban J connectivity index is 1.91. The molecule has 1 amide bonds. The average Bonchev–Trinajstić information content (AvgIpc) is 2.46. The van der Waals surface area contributed by atoms with Gasteiger partial charge in [0.25, 0.3) is 0 Å². The molecule has 3 unspecified atom stereocenters. The van der Waals surface area contributed by atoms with Gasteiger partial charge in [-0.2, -0.15) is 0 Å². The molecule has 19 heavy (non-hydrogen) atoms.